The monoisotopic (exact) mass is 335 g/mol. The van der Waals surface area contributed by atoms with E-state index in [4.69, 9.17) is 11.6 Å². The third-order valence-corrected chi connectivity index (χ3v) is 4.68. The SMILES string of the molecule is O=CN1CCN(C(=O)C2CC2C(=O)Nc2ccccc2Cl)CC1. The number of piperazine rings is 1. The quantitative estimate of drug-likeness (QED) is 0.841. The number of para-hydroxylation sites is 1. The van der Waals surface area contributed by atoms with Gasteiger partial charge in [-0.25, -0.2) is 0 Å². The summed E-state index contributed by atoms with van der Waals surface area (Å²) in [7, 11) is 0. The maximum absolute atomic E-state index is 12.4. The van der Waals surface area contributed by atoms with Crippen molar-refractivity contribution in [1.82, 2.24) is 9.80 Å². The third-order valence-electron chi connectivity index (χ3n) is 4.35. The van der Waals surface area contributed by atoms with Gasteiger partial charge in [0.05, 0.1) is 22.5 Å². The lowest BCUT2D eigenvalue weighted by Crippen LogP contribution is -2.48. The van der Waals surface area contributed by atoms with Crippen LogP contribution < -0.4 is 5.32 Å². The molecule has 2 aliphatic rings. The first-order valence-corrected chi connectivity index (χ1v) is 8.01. The summed E-state index contributed by atoms with van der Waals surface area (Å²) in [6.07, 6.45) is 1.38. The molecule has 1 aromatic carbocycles. The number of carbonyl (C=O) groups is 3. The van der Waals surface area contributed by atoms with Gasteiger partial charge in [0.15, 0.2) is 0 Å². The van der Waals surface area contributed by atoms with Crippen LogP contribution in [0, 0.1) is 11.8 Å². The fourth-order valence-electron chi connectivity index (χ4n) is 2.83. The Morgan fingerprint density at radius 3 is 2.48 bits per heavy atom. The Bertz CT molecular complexity index is 629. The predicted octanol–water partition coefficient (Wildman–Crippen LogP) is 1.22. The molecule has 3 amide bonds. The van der Waals surface area contributed by atoms with Crippen LogP contribution in [0.15, 0.2) is 24.3 Å². The van der Waals surface area contributed by atoms with E-state index in [0.29, 0.717) is 43.3 Å². The molecule has 0 aromatic heterocycles. The van der Waals surface area contributed by atoms with Gasteiger partial charge >= 0.3 is 0 Å². The molecular formula is C16H18ClN3O3. The highest BCUT2D eigenvalue weighted by molar-refractivity contribution is 6.33. The number of anilines is 1. The van der Waals surface area contributed by atoms with Gasteiger partial charge in [-0.1, -0.05) is 23.7 Å². The first-order valence-electron chi connectivity index (χ1n) is 7.63. The molecule has 2 unspecified atom stereocenters. The Kier molecular flexibility index (Phi) is 4.52. The van der Waals surface area contributed by atoms with Crippen molar-refractivity contribution in [1.29, 1.82) is 0 Å². The maximum atomic E-state index is 12.4. The second-order valence-corrected chi connectivity index (χ2v) is 6.29. The first-order chi connectivity index (χ1) is 11.1. The van der Waals surface area contributed by atoms with Crippen LogP contribution in [0.3, 0.4) is 0 Å². The molecule has 1 aliphatic heterocycles. The lowest BCUT2D eigenvalue weighted by Gasteiger charge is -2.32. The molecule has 1 aliphatic carbocycles. The summed E-state index contributed by atoms with van der Waals surface area (Å²) in [6.45, 7) is 2.18. The van der Waals surface area contributed by atoms with Gasteiger partial charge in [0.2, 0.25) is 18.2 Å². The number of rotatable bonds is 4. The van der Waals surface area contributed by atoms with Crippen molar-refractivity contribution in [3.05, 3.63) is 29.3 Å². The van der Waals surface area contributed by atoms with Crippen molar-refractivity contribution in [2.75, 3.05) is 31.5 Å². The molecule has 7 heteroatoms. The Morgan fingerprint density at radius 1 is 1.13 bits per heavy atom. The number of nitrogens with one attached hydrogen (secondary N) is 1. The average molecular weight is 336 g/mol. The topological polar surface area (TPSA) is 69.7 Å². The van der Waals surface area contributed by atoms with Crippen LogP contribution in [0.2, 0.25) is 5.02 Å². The molecule has 1 aromatic rings. The smallest absolute Gasteiger partial charge is 0.228 e. The van der Waals surface area contributed by atoms with E-state index in [1.165, 1.54) is 0 Å². The minimum Gasteiger partial charge on any atom is -0.342 e. The summed E-state index contributed by atoms with van der Waals surface area (Å²) in [6, 6.07) is 7.03. The lowest BCUT2D eigenvalue weighted by molar-refractivity contribution is -0.137. The molecule has 0 bridgehead atoms. The van der Waals surface area contributed by atoms with Crippen LogP contribution in [0.4, 0.5) is 5.69 Å². The summed E-state index contributed by atoms with van der Waals surface area (Å²) >= 11 is 6.02. The summed E-state index contributed by atoms with van der Waals surface area (Å²) in [5.41, 5.74) is 0.567. The van der Waals surface area contributed by atoms with E-state index >= 15 is 0 Å². The summed E-state index contributed by atoms with van der Waals surface area (Å²) in [5, 5.41) is 3.26. The zero-order chi connectivity index (χ0) is 16.4. The van der Waals surface area contributed by atoms with Crippen molar-refractivity contribution in [3.63, 3.8) is 0 Å². The van der Waals surface area contributed by atoms with Gasteiger partial charge in [-0.2, -0.15) is 0 Å². The Morgan fingerprint density at radius 2 is 1.83 bits per heavy atom. The van der Waals surface area contributed by atoms with Crippen LogP contribution in [0.5, 0.6) is 0 Å². The third kappa shape index (κ3) is 3.47. The predicted molar refractivity (Wildman–Crippen MR) is 85.9 cm³/mol. The van der Waals surface area contributed by atoms with E-state index in [0.717, 1.165) is 6.41 Å². The Balaban J connectivity index is 1.53. The van der Waals surface area contributed by atoms with Gasteiger partial charge in [0.1, 0.15) is 0 Å². The van der Waals surface area contributed by atoms with Crippen LogP contribution in [0.25, 0.3) is 0 Å². The fourth-order valence-corrected chi connectivity index (χ4v) is 3.01. The minimum atomic E-state index is -0.289. The molecular weight excluding hydrogens is 318 g/mol. The highest BCUT2D eigenvalue weighted by Crippen LogP contribution is 2.41. The largest absolute Gasteiger partial charge is 0.342 e. The van der Waals surface area contributed by atoms with E-state index in [1.807, 2.05) is 0 Å². The van der Waals surface area contributed by atoms with Gasteiger partial charge in [-0.3, -0.25) is 14.4 Å². The van der Waals surface area contributed by atoms with Crippen LogP contribution >= 0.6 is 11.6 Å². The van der Waals surface area contributed by atoms with Crippen LogP contribution in [-0.2, 0) is 14.4 Å². The molecule has 0 spiro atoms. The number of carbonyl (C=O) groups excluding carboxylic acids is 3. The standard InChI is InChI=1S/C16H18ClN3O3/c17-13-3-1-2-4-14(13)18-15(22)11-9-12(11)16(23)20-7-5-19(10-21)6-8-20/h1-4,10-12H,5-9H2,(H,18,22). The Labute approximate surface area is 139 Å². The molecule has 1 N–H and O–H groups in total. The fraction of sp³-hybridized carbons (Fsp3) is 0.438. The highest BCUT2D eigenvalue weighted by atomic mass is 35.5. The molecule has 1 saturated carbocycles. The van der Waals surface area contributed by atoms with Gasteiger partial charge in [0.25, 0.3) is 0 Å². The van der Waals surface area contributed by atoms with Crippen LogP contribution in [-0.4, -0.2) is 54.2 Å². The maximum Gasteiger partial charge on any atom is 0.228 e. The zero-order valence-electron chi connectivity index (χ0n) is 12.6. The van der Waals surface area contributed by atoms with Gasteiger partial charge in [-0.15, -0.1) is 0 Å². The molecule has 122 valence electrons. The molecule has 1 saturated heterocycles. The number of hydrogen-bond donors (Lipinski definition) is 1. The first kappa shape index (κ1) is 15.8. The summed E-state index contributed by atoms with van der Waals surface area (Å²) in [5.74, 6) is -0.694. The molecule has 6 nitrogen and oxygen atoms in total. The van der Waals surface area contributed by atoms with Crippen molar-refractivity contribution in [2.24, 2.45) is 11.8 Å². The van der Waals surface area contributed by atoms with Gasteiger partial charge < -0.3 is 15.1 Å². The normalized spacial score (nSPS) is 23.3. The minimum absolute atomic E-state index is 0.00913. The van der Waals surface area contributed by atoms with E-state index in [-0.39, 0.29) is 23.7 Å². The second kappa shape index (κ2) is 6.58. The molecule has 2 fully saturated rings. The van der Waals surface area contributed by atoms with Gasteiger partial charge in [0, 0.05) is 26.2 Å². The van der Waals surface area contributed by atoms with E-state index in [9.17, 15) is 14.4 Å². The van der Waals surface area contributed by atoms with Crippen molar-refractivity contribution in [3.8, 4) is 0 Å². The van der Waals surface area contributed by atoms with E-state index in [2.05, 4.69) is 5.32 Å². The lowest BCUT2D eigenvalue weighted by atomic mass is 10.2. The molecule has 23 heavy (non-hydrogen) atoms. The number of nitrogens with zero attached hydrogens (tertiary/aromatic N) is 2. The van der Waals surface area contributed by atoms with Crippen molar-refractivity contribution < 1.29 is 14.4 Å². The second-order valence-electron chi connectivity index (χ2n) is 5.88. The van der Waals surface area contributed by atoms with Gasteiger partial charge in [-0.05, 0) is 18.6 Å². The summed E-state index contributed by atoms with van der Waals surface area (Å²) in [4.78, 5) is 38.7. The number of benzene rings is 1. The van der Waals surface area contributed by atoms with E-state index in [1.54, 1.807) is 34.1 Å². The Hall–Kier alpha value is -2.08. The van der Waals surface area contributed by atoms with Crippen molar-refractivity contribution in [2.45, 2.75) is 6.42 Å². The number of hydrogen-bond acceptors (Lipinski definition) is 3. The van der Waals surface area contributed by atoms with Crippen LogP contribution in [0.1, 0.15) is 6.42 Å². The number of halogens is 1. The van der Waals surface area contributed by atoms with Crippen molar-refractivity contribution >= 4 is 35.5 Å². The molecule has 2 atom stereocenters. The highest BCUT2D eigenvalue weighted by Gasteiger charge is 2.49. The number of amides is 3. The summed E-state index contributed by atoms with van der Waals surface area (Å²) < 4.78 is 0. The molecule has 3 rings (SSSR count). The molecule has 0 radical (unpaired) electrons. The van der Waals surface area contributed by atoms with E-state index < -0.39 is 0 Å². The average Bonchev–Trinajstić information content (AvgIpc) is 3.37. The zero-order valence-corrected chi connectivity index (χ0v) is 13.3. The molecule has 1 heterocycles.